The summed E-state index contributed by atoms with van der Waals surface area (Å²) in [6.45, 7) is 0. The number of carbonyl (C=O) groups excluding carboxylic acids is 2. The maximum atomic E-state index is 12.1. The Morgan fingerprint density at radius 1 is 1.00 bits per heavy atom. The predicted molar refractivity (Wildman–Crippen MR) is 91.4 cm³/mol. The highest BCUT2D eigenvalue weighted by molar-refractivity contribution is 7.08. The minimum Gasteiger partial charge on any atom is -0.389 e. The number of rotatable bonds is 2. The Kier molecular flexibility index (Phi) is 3.30. The van der Waals surface area contributed by atoms with E-state index in [4.69, 9.17) is 4.74 Å². The lowest BCUT2D eigenvalue weighted by atomic mass is 9.54. The number of thiophene rings is 1. The van der Waals surface area contributed by atoms with Gasteiger partial charge in [0.2, 0.25) is 0 Å². The van der Waals surface area contributed by atoms with Crippen molar-refractivity contribution in [1.29, 1.82) is 0 Å². The first-order valence-electron chi connectivity index (χ1n) is 8.89. The quantitative estimate of drug-likeness (QED) is 0.460. The second-order valence-electron chi connectivity index (χ2n) is 7.79. The van der Waals surface area contributed by atoms with E-state index in [1.54, 1.807) is 0 Å². The van der Waals surface area contributed by atoms with Gasteiger partial charge < -0.3 is 4.74 Å². The SMILES string of the molecule is O=C1OC(=O)C(c2ccsc2)C1=CC=C1C2CC3CC(C2)CC1C3. The minimum absolute atomic E-state index is 0.437. The van der Waals surface area contributed by atoms with E-state index in [0.29, 0.717) is 17.4 Å². The van der Waals surface area contributed by atoms with Crippen molar-refractivity contribution in [3.8, 4) is 0 Å². The van der Waals surface area contributed by atoms with Gasteiger partial charge in [-0.1, -0.05) is 17.7 Å². The molecule has 1 unspecified atom stereocenters. The molecule has 0 N–H and O–H groups in total. The van der Waals surface area contributed by atoms with E-state index in [1.807, 2.05) is 22.9 Å². The maximum absolute atomic E-state index is 12.1. The number of hydrogen-bond donors (Lipinski definition) is 0. The molecule has 124 valence electrons. The first-order valence-corrected chi connectivity index (χ1v) is 9.83. The Hall–Kier alpha value is -1.68. The summed E-state index contributed by atoms with van der Waals surface area (Å²) in [5.41, 5.74) is 2.89. The summed E-state index contributed by atoms with van der Waals surface area (Å²) in [6.07, 6.45) is 10.7. The topological polar surface area (TPSA) is 43.4 Å². The van der Waals surface area contributed by atoms with Crippen LogP contribution < -0.4 is 0 Å². The number of hydrogen-bond acceptors (Lipinski definition) is 4. The number of ether oxygens (including phenoxy) is 1. The van der Waals surface area contributed by atoms with Crippen LogP contribution in [-0.4, -0.2) is 11.9 Å². The van der Waals surface area contributed by atoms with Gasteiger partial charge in [-0.25, -0.2) is 4.79 Å². The fourth-order valence-corrected chi connectivity index (χ4v) is 6.25. The third kappa shape index (κ3) is 2.23. The van der Waals surface area contributed by atoms with Crippen LogP contribution in [0.2, 0.25) is 0 Å². The molecule has 0 spiro atoms. The molecule has 4 bridgehead atoms. The Labute approximate surface area is 145 Å². The summed E-state index contributed by atoms with van der Waals surface area (Å²) >= 11 is 1.53. The lowest BCUT2D eigenvalue weighted by molar-refractivity contribution is -0.151. The monoisotopic (exact) mass is 340 g/mol. The normalized spacial score (nSPS) is 38.9. The molecule has 5 aliphatic rings. The number of carbonyl (C=O) groups is 2. The van der Waals surface area contributed by atoms with Gasteiger partial charge in [-0.15, -0.1) is 0 Å². The average molecular weight is 340 g/mol. The number of esters is 2. The van der Waals surface area contributed by atoms with Crippen molar-refractivity contribution < 1.29 is 14.3 Å². The van der Waals surface area contributed by atoms with Crippen LogP contribution in [0.5, 0.6) is 0 Å². The zero-order chi connectivity index (χ0) is 16.3. The molecule has 1 aromatic rings. The summed E-state index contributed by atoms with van der Waals surface area (Å²) in [4.78, 5) is 24.2. The van der Waals surface area contributed by atoms with Crippen molar-refractivity contribution in [2.75, 3.05) is 0 Å². The van der Waals surface area contributed by atoms with Crippen molar-refractivity contribution >= 4 is 23.3 Å². The number of cyclic esters (lactones) is 2. The fraction of sp³-hybridized carbons (Fsp3) is 0.500. The molecule has 3 nitrogen and oxygen atoms in total. The van der Waals surface area contributed by atoms with Crippen molar-refractivity contribution in [1.82, 2.24) is 0 Å². The molecule has 1 aliphatic heterocycles. The minimum atomic E-state index is -0.544. The van der Waals surface area contributed by atoms with Gasteiger partial charge in [0.05, 0.1) is 5.57 Å². The first-order chi connectivity index (χ1) is 11.7. The molecule has 4 aliphatic carbocycles. The van der Waals surface area contributed by atoms with Gasteiger partial charge in [0.25, 0.3) is 0 Å². The summed E-state index contributed by atoms with van der Waals surface area (Å²) in [5.74, 6) is 1.79. The standard InChI is InChI=1S/C20H20O3S/c21-19-17(18(20(22)23-19)13-3-4-24-10-13)2-1-16-14-6-11-5-12(8-14)9-15(16)7-11/h1-4,10-12,14-15,18H,5-9H2. The predicted octanol–water partition coefficient (Wildman–Crippen LogP) is 4.22. The van der Waals surface area contributed by atoms with Gasteiger partial charge in [-0.3, -0.25) is 4.79 Å². The largest absolute Gasteiger partial charge is 0.389 e. The molecule has 2 heterocycles. The van der Waals surface area contributed by atoms with Crippen molar-refractivity contribution in [3.05, 3.63) is 45.7 Å². The Morgan fingerprint density at radius 2 is 1.71 bits per heavy atom. The van der Waals surface area contributed by atoms with Crippen LogP contribution in [0.1, 0.15) is 43.6 Å². The van der Waals surface area contributed by atoms with E-state index >= 15 is 0 Å². The molecular formula is C20H20O3S. The molecular weight excluding hydrogens is 320 g/mol. The van der Waals surface area contributed by atoms with Crippen LogP contribution in [-0.2, 0) is 14.3 Å². The molecule has 5 fully saturated rings. The van der Waals surface area contributed by atoms with Crippen LogP contribution in [0.15, 0.2) is 40.1 Å². The highest BCUT2D eigenvalue weighted by Gasteiger charge is 2.45. The first kappa shape index (κ1) is 14.6. The van der Waals surface area contributed by atoms with E-state index in [-0.39, 0.29) is 0 Å². The summed E-state index contributed by atoms with van der Waals surface area (Å²) in [6, 6.07) is 1.90. The van der Waals surface area contributed by atoms with Crippen molar-refractivity contribution in [3.63, 3.8) is 0 Å². The van der Waals surface area contributed by atoms with E-state index in [9.17, 15) is 9.59 Å². The zero-order valence-corrected chi connectivity index (χ0v) is 14.3. The van der Waals surface area contributed by atoms with Gasteiger partial charge in [-0.05, 0) is 78.2 Å². The third-order valence-electron chi connectivity index (χ3n) is 6.39. The van der Waals surface area contributed by atoms with Crippen LogP contribution in [0.3, 0.4) is 0 Å². The third-order valence-corrected chi connectivity index (χ3v) is 7.09. The molecule has 4 saturated carbocycles. The number of allylic oxidation sites excluding steroid dienone is 3. The lowest BCUT2D eigenvalue weighted by Gasteiger charge is -2.51. The fourth-order valence-electron chi connectivity index (χ4n) is 5.56. The van der Waals surface area contributed by atoms with Crippen molar-refractivity contribution in [2.24, 2.45) is 23.7 Å². The van der Waals surface area contributed by atoms with E-state index in [1.165, 1.54) is 49.0 Å². The maximum Gasteiger partial charge on any atom is 0.342 e. The van der Waals surface area contributed by atoms with E-state index in [0.717, 1.165) is 17.4 Å². The summed E-state index contributed by atoms with van der Waals surface area (Å²) in [7, 11) is 0. The lowest BCUT2D eigenvalue weighted by Crippen LogP contribution is -2.40. The molecule has 6 rings (SSSR count). The second kappa shape index (κ2) is 5.41. The zero-order valence-electron chi connectivity index (χ0n) is 13.4. The molecule has 0 amide bonds. The second-order valence-corrected chi connectivity index (χ2v) is 8.57. The van der Waals surface area contributed by atoms with Gasteiger partial charge in [0.15, 0.2) is 0 Å². The molecule has 0 radical (unpaired) electrons. The van der Waals surface area contributed by atoms with E-state index < -0.39 is 17.9 Å². The van der Waals surface area contributed by atoms with Crippen LogP contribution in [0.4, 0.5) is 0 Å². The summed E-state index contributed by atoms with van der Waals surface area (Å²) < 4.78 is 4.90. The smallest absolute Gasteiger partial charge is 0.342 e. The highest BCUT2D eigenvalue weighted by atomic mass is 32.1. The average Bonchev–Trinajstić information content (AvgIpc) is 3.14. The van der Waals surface area contributed by atoms with Crippen molar-refractivity contribution in [2.45, 2.75) is 38.0 Å². The Morgan fingerprint density at radius 3 is 2.33 bits per heavy atom. The van der Waals surface area contributed by atoms with Crippen LogP contribution in [0, 0.1) is 23.7 Å². The van der Waals surface area contributed by atoms with E-state index in [2.05, 4.69) is 6.08 Å². The molecule has 1 aromatic heterocycles. The molecule has 1 saturated heterocycles. The van der Waals surface area contributed by atoms with Gasteiger partial charge in [0.1, 0.15) is 5.92 Å². The molecule has 24 heavy (non-hydrogen) atoms. The summed E-state index contributed by atoms with van der Waals surface area (Å²) in [5, 5.41) is 3.85. The van der Waals surface area contributed by atoms with Gasteiger partial charge in [-0.2, -0.15) is 11.3 Å². The molecule has 0 aromatic carbocycles. The van der Waals surface area contributed by atoms with Gasteiger partial charge in [0, 0.05) is 0 Å². The van der Waals surface area contributed by atoms with Crippen LogP contribution in [0.25, 0.3) is 0 Å². The Bertz CT molecular complexity index is 726. The Balaban J connectivity index is 1.48. The van der Waals surface area contributed by atoms with Crippen LogP contribution >= 0.6 is 11.3 Å². The molecule has 1 atom stereocenters. The molecule has 4 heteroatoms. The van der Waals surface area contributed by atoms with Gasteiger partial charge >= 0.3 is 11.9 Å². The highest BCUT2D eigenvalue weighted by Crippen LogP contribution is 2.56.